The summed E-state index contributed by atoms with van der Waals surface area (Å²) in [7, 11) is 1.59. The molecular formula is C51H67N9O7. The third kappa shape index (κ3) is 10.0. The number of phenols is 1. The lowest BCUT2D eigenvalue weighted by Gasteiger charge is -2.40. The Morgan fingerprint density at radius 3 is 2.40 bits per heavy atom. The number of carbonyl (C=O) groups is 5. The molecule has 0 spiro atoms. The first-order chi connectivity index (χ1) is 31.9. The number of phenolic OH excluding ortho intramolecular Hbond substituents is 1. The summed E-state index contributed by atoms with van der Waals surface area (Å²) >= 11 is 0. The Hall–Kier alpha value is -6.00. The van der Waals surface area contributed by atoms with Crippen molar-refractivity contribution in [1.29, 1.82) is 0 Å². The number of amides is 5. The molecule has 4 aliphatic rings. The van der Waals surface area contributed by atoms with E-state index in [0.29, 0.717) is 64.1 Å². The molecule has 4 aromatic rings. The van der Waals surface area contributed by atoms with Crippen molar-refractivity contribution in [2.45, 2.75) is 111 Å². The lowest BCUT2D eigenvalue weighted by Crippen LogP contribution is -2.63. The molecule has 6 heterocycles. The van der Waals surface area contributed by atoms with Crippen molar-refractivity contribution in [2.24, 2.45) is 11.3 Å². The summed E-state index contributed by atoms with van der Waals surface area (Å²) in [6, 6.07) is 12.3. The summed E-state index contributed by atoms with van der Waals surface area (Å²) in [5.74, 6) is -1.57. The minimum Gasteiger partial charge on any atom is -0.508 e. The summed E-state index contributed by atoms with van der Waals surface area (Å²) in [6.07, 6.45) is 3.39. The third-order valence-corrected chi connectivity index (χ3v) is 13.7. The van der Waals surface area contributed by atoms with Crippen molar-refractivity contribution >= 4 is 40.6 Å². The molecule has 5 amide bonds. The van der Waals surface area contributed by atoms with E-state index in [2.05, 4.69) is 73.4 Å². The minimum absolute atomic E-state index is 0.00382. The van der Waals surface area contributed by atoms with Gasteiger partial charge in [-0.25, -0.2) is 10.2 Å². The van der Waals surface area contributed by atoms with E-state index in [1.165, 1.54) is 9.91 Å². The maximum absolute atomic E-state index is 14.7. The number of cyclic esters (lactones) is 1. The number of esters is 1. The molecule has 3 fully saturated rings. The maximum atomic E-state index is 14.7. The van der Waals surface area contributed by atoms with E-state index in [1.807, 2.05) is 38.2 Å². The van der Waals surface area contributed by atoms with Gasteiger partial charge in [0.25, 0.3) is 5.91 Å². The lowest BCUT2D eigenvalue weighted by molar-refractivity contribution is -0.155. The van der Waals surface area contributed by atoms with Gasteiger partial charge in [0, 0.05) is 87.4 Å². The number of aromatic nitrogens is 2. The van der Waals surface area contributed by atoms with Crippen molar-refractivity contribution in [1.82, 2.24) is 45.3 Å². The molecule has 0 saturated carbocycles. The van der Waals surface area contributed by atoms with Gasteiger partial charge in [-0.3, -0.25) is 29.2 Å². The van der Waals surface area contributed by atoms with Gasteiger partial charge in [0.05, 0.1) is 24.0 Å². The highest BCUT2D eigenvalue weighted by Crippen LogP contribution is 2.42. The molecule has 3 saturated heterocycles. The van der Waals surface area contributed by atoms with Gasteiger partial charge in [0.1, 0.15) is 23.9 Å². The number of hydrogen-bond donors (Lipinski definition) is 4. The molecule has 0 aliphatic carbocycles. The number of rotatable bonds is 8. The number of benzene rings is 2. The number of ether oxygens (including phenoxy) is 1. The first-order valence-electron chi connectivity index (χ1n) is 24.0. The fraction of sp³-hybridized carbons (Fsp3) is 0.529. The van der Waals surface area contributed by atoms with E-state index in [4.69, 9.17) is 9.72 Å². The minimum atomic E-state index is -1.15. The largest absolute Gasteiger partial charge is 0.508 e. The molecule has 4 atom stereocenters. The van der Waals surface area contributed by atoms with Crippen molar-refractivity contribution in [3.63, 3.8) is 0 Å². The van der Waals surface area contributed by atoms with E-state index >= 15 is 0 Å². The molecule has 2 aromatic carbocycles. The SMILES string of the molecule is CCn1c(-c2cccnc2C(C)C)c2c3cc(ccc31)-c1cc(O)cc(c1)C[C@H](NC(=O)[C@H](C(C)C)N(C)C(=O)N1CCN(C(=O)[C@H]3CN3)CC1)C(=O)N1CCC[C@H](N1)C(=O)OCC(C)(C)C2. The van der Waals surface area contributed by atoms with Crippen LogP contribution < -0.4 is 16.1 Å². The molecule has 4 aliphatic heterocycles. The first kappa shape index (κ1) is 47.5. The van der Waals surface area contributed by atoms with Crippen LogP contribution in [0.15, 0.2) is 54.7 Å². The monoisotopic (exact) mass is 918 g/mol. The van der Waals surface area contributed by atoms with Gasteiger partial charge in [-0.2, -0.15) is 0 Å². The van der Waals surface area contributed by atoms with E-state index < -0.39 is 41.3 Å². The summed E-state index contributed by atoms with van der Waals surface area (Å²) in [5.41, 5.74) is 10.1. The number of piperazine rings is 1. The van der Waals surface area contributed by atoms with Gasteiger partial charge in [0.15, 0.2) is 0 Å². The molecule has 6 bridgehead atoms. The highest BCUT2D eigenvalue weighted by Gasteiger charge is 2.40. The van der Waals surface area contributed by atoms with Crippen LogP contribution in [-0.4, -0.2) is 141 Å². The molecule has 8 rings (SSSR count). The Kier molecular flexibility index (Phi) is 13.7. The van der Waals surface area contributed by atoms with Gasteiger partial charge < -0.3 is 39.7 Å². The number of aromatic hydroxyl groups is 1. The van der Waals surface area contributed by atoms with Gasteiger partial charge in [-0.15, -0.1) is 0 Å². The molecule has 67 heavy (non-hydrogen) atoms. The molecule has 16 nitrogen and oxygen atoms in total. The van der Waals surface area contributed by atoms with Crippen LogP contribution >= 0.6 is 0 Å². The van der Waals surface area contributed by atoms with E-state index in [0.717, 1.165) is 44.5 Å². The Morgan fingerprint density at radius 1 is 0.985 bits per heavy atom. The zero-order valence-corrected chi connectivity index (χ0v) is 40.2. The number of likely N-dealkylation sites (N-methyl/N-ethyl adjacent to an activating group) is 1. The normalized spacial score (nSPS) is 21.5. The average Bonchev–Trinajstić information content (AvgIpc) is 4.12. The zero-order chi connectivity index (χ0) is 47.9. The topological polar surface area (TPSA) is 192 Å². The Bertz CT molecular complexity index is 2540. The first-order valence-corrected chi connectivity index (χ1v) is 24.0. The molecule has 4 N–H and O–H groups in total. The number of nitrogens with one attached hydrogen (secondary N) is 3. The summed E-state index contributed by atoms with van der Waals surface area (Å²) < 4.78 is 8.45. The van der Waals surface area contributed by atoms with Crippen molar-refractivity contribution in [2.75, 3.05) is 52.9 Å². The average molecular weight is 918 g/mol. The fourth-order valence-electron chi connectivity index (χ4n) is 10.2. The van der Waals surface area contributed by atoms with Crippen LogP contribution in [-0.2, 0) is 43.3 Å². The second-order valence-electron chi connectivity index (χ2n) is 20.2. The molecule has 16 heteroatoms. The molecule has 358 valence electrons. The maximum Gasteiger partial charge on any atom is 0.324 e. The van der Waals surface area contributed by atoms with E-state index in [-0.39, 0.29) is 55.1 Å². The highest BCUT2D eigenvalue weighted by atomic mass is 16.5. The predicted molar refractivity (Wildman–Crippen MR) is 256 cm³/mol. The Balaban J connectivity index is 1.16. The van der Waals surface area contributed by atoms with Crippen LogP contribution in [0.1, 0.15) is 84.0 Å². The number of nitrogens with zero attached hydrogens (tertiary/aromatic N) is 6. The molecule has 0 radical (unpaired) electrons. The number of fused-ring (bicyclic) bond motifs is 6. The number of carbonyl (C=O) groups excluding carboxylic acids is 5. The van der Waals surface area contributed by atoms with Gasteiger partial charge >= 0.3 is 12.0 Å². The molecule has 0 unspecified atom stereocenters. The van der Waals surface area contributed by atoms with Crippen molar-refractivity contribution in [3.8, 4) is 28.1 Å². The summed E-state index contributed by atoms with van der Waals surface area (Å²) in [5, 5.41) is 19.8. The summed E-state index contributed by atoms with van der Waals surface area (Å²) in [6.45, 7) is 17.6. The van der Waals surface area contributed by atoms with Crippen molar-refractivity contribution < 1.29 is 33.8 Å². The highest BCUT2D eigenvalue weighted by molar-refractivity contribution is 5.96. The van der Waals surface area contributed by atoms with Gasteiger partial charge in [0.2, 0.25) is 11.8 Å². The second kappa shape index (κ2) is 19.3. The fourth-order valence-corrected chi connectivity index (χ4v) is 10.2. The molecular weight excluding hydrogens is 851 g/mol. The van der Waals surface area contributed by atoms with Crippen LogP contribution in [0.5, 0.6) is 5.75 Å². The Labute approximate surface area is 393 Å². The van der Waals surface area contributed by atoms with Crippen molar-refractivity contribution in [3.05, 3.63) is 71.5 Å². The van der Waals surface area contributed by atoms with E-state index in [1.54, 1.807) is 29.0 Å². The lowest BCUT2D eigenvalue weighted by atomic mass is 9.83. The predicted octanol–water partition coefficient (Wildman–Crippen LogP) is 5.06. The number of hydrogen-bond acceptors (Lipinski definition) is 10. The van der Waals surface area contributed by atoms with Gasteiger partial charge in [-0.1, -0.05) is 53.7 Å². The zero-order valence-electron chi connectivity index (χ0n) is 40.2. The standard InChI is InChI=1S/C51H67N9O7/c1-9-59-42-15-14-33-26-37(42)38(45(59)36-12-10-16-52-43(36)30(2)3)27-51(6,7)29-67-49(65)39-13-11-17-60(55-39)48(64)40(24-32-22-34(33)25-35(61)23-32)54-46(62)44(31(4)5)56(8)50(66)58-20-18-57(19-21-58)47(63)41-28-53-41/h10,12,14-16,22-23,25-26,30-31,39-41,44,53,55,61H,9,11,13,17-21,24,27-29H2,1-8H3,(H,54,62)/t39-,40-,41+,44-/m0/s1. The van der Waals surface area contributed by atoms with Crippen LogP contribution in [0.25, 0.3) is 33.3 Å². The van der Waals surface area contributed by atoms with Crippen LogP contribution in [0.4, 0.5) is 4.79 Å². The second-order valence-corrected chi connectivity index (χ2v) is 20.2. The smallest absolute Gasteiger partial charge is 0.324 e. The van der Waals surface area contributed by atoms with Crippen LogP contribution in [0.3, 0.4) is 0 Å². The van der Waals surface area contributed by atoms with E-state index in [9.17, 15) is 29.1 Å². The number of urea groups is 1. The van der Waals surface area contributed by atoms with Crippen LogP contribution in [0, 0.1) is 11.3 Å². The third-order valence-electron chi connectivity index (χ3n) is 13.7. The van der Waals surface area contributed by atoms with Gasteiger partial charge in [-0.05, 0) is 96.7 Å². The Morgan fingerprint density at radius 2 is 1.72 bits per heavy atom. The summed E-state index contributed by atoms with van der Waals surface area (Å²) in [4.78, 5) is 79.6. The number of hydrazine groups is 1. The quantitative estimate of drug-likeness (QED) is 0.137. The number of pyridine rings is 1. The molecule has 2 aromatic heterocycles. The van der Waals surface area contributed by atoms with Crippen LogP contribution in [0.2, 0.25) is 0 Å². The number of aryl methyl sites for hydroxylation is 1.